The molecule has 1 aromatic rings. The van der Waals surface area contributed by atoms with E-state index in [-0.39, 0.29) is 24.8 Å². The average molecular weight is 383 g/mol. The van der Waals surface area contributed by atoms with Crippen LogP contribution in [0.5, 0.6) is 0 Å². The number of rotatable bonds is 4. The van der Waals surface area contributed by atoms with E-state index in [1.807, 2.05) is 12.1 Å². The topological polar surface area (TPSA) is 27.7 Å². The Morgan fingerprint density at radius 3 is 2.57 bits per heavy atom. The minimum Gasteiger partial charge on any atom is -0.379 e. The number of hydrogen-bond donors (Lipinski definition) is 1. The van der Waals surface area contributed by atoms with Gasteiger partial charge in [0.05, 0.1) is 13.2 Å². The first-order valence-corrected chi connectivity index (χ1v) is 8.22. The van der Waals surface area contributed by atoms with E-state index in [9.17, 15) is 0 Å². The smallest absolute Gasteiger partial charge is 0.0594 e. The molecule has 132 valence electrons. The Labute approximate surface area is 156 Å². The summed E-state index contributed by atoms with van der Waals surface area (Å²) in [4.78, 5) is 5.06. The zero-order chi connectivity index (χ0) is 14.5. The van der Waals surface area contributed by atoms with Gasteiger partial charge in [-0.15, -0.1) is 24.8 Å². The van der Waals surface area contributed by atoms with Crippen molar-refractivity contribution in [3.63, 3.8) is 0 Å². The lowest BCUT2D eigenvalue weighted by Crippen LogP contribution is -2.49. The molecule has 1 atom stereocenters. The molecule has 0 aliphatic carbocycles. The lowest BCUT2D eigenvalue weighted by molar-refractivity contribution is 0.0291. The number of nitrogens with zero attached hydrogens (tertiary/aromatic N) is 2. The lowest BCUT2D eigenvalue weighted by atomic mass is 10.0. The van der Waals surface area contributed by atoms with Crippen LogP contribution in [-0.4, -0.2) is 68.8 Å². The molecule has 1 aromatic carbocycles. The van der Waals surface area contributed by atoms with Crippen LogP contribution >= 0.6 is 36.4 Å². The summed E-state index contributed by atoms with van der Waals surface area (Å²) in [5.74, 6) is 0. The molecule has 1 N–H and O–H groups in total. The number of hydrogen-bond acceptors (Lipinski definition) is 4. The summed E-state index contributed by atoms with van der Waals surface area (Å²) >= 11 is 6.39. The maximum absolute atomic E-state index is 6.39. The van der Waals surface area contributed by atoms with E-state index in [4.69, 9.17) is 16.3 Å². The maximum atomic E-state index is 6.39. The van der Waals surface area contributed by atoms with Crippen molar-refractivity contribution < 1.29 is 4.74 Å². The van der Waals surface area contributed by atoms with E-state index in [2.05, 4.69) is 27.2 Å². The van der Waals surface area contributed by atoms with Gasteiger partial charge in [0.25, 0.3) is 0 Å². The molecular weight excluding hydrogens is 357 g/mol. The molecule has 2 aliphatic heterocycles. The first-order chi connectivity index (χ1) is 10.3. The summed E-state index contributed by atoms with van der Waals surface area (Å²) in [5, 5.41) is 4.37. The Morgan fingerprint density at radius 2 is 1.83 bits per heavy atom. The second-order valence-electron chi connectivity index (χ2n) is 5.73. The van der Waals surface area contributed by atoms with Gasteiger partial charge < -0.3 is 10.1 Å². The quantitative estimate of drug-likeness (QED) is 0.866. The SMILES string of the molecule is Cl.Cl.Clc1ccccc1C1CNCCN1CCN1CCOCC1. The molecule has 23 heavy (non-hydrogen) atoms. The highest BCUT2D eigenvalue weighted by molar-refractivity contribution is 6.31. The average Bonchev–Trinajstić information content (AvgIpc) is 2.55. The predicted octanol–water partition coefficient (Wildman–Crippen LogP) is 2.46. The third-order valence-corrected chi connectivity index (χ3v) is 4.77. The molecule has 1 unspecified atom stereocenters. The van der Waals surface area contributed by atoms with Gasteiger partial charge in [-0.3, -0.25) is 9.80 Å². The highest BCUT2D eigenvalue weighted by Crippen LogP contribution is 2.28. The molecule has 2 heterocycles. The van der Waals surface area contributed by atoms with Crippen LogP contribution in [0, 0.1) is 0 Å². The second kappa shape index (κ2) is 10.7. The highest BCUT2D eigenvalue weighted by Gasteiger charge is 2.25. The third kappa shape index (κ3) is 5.75. The number of benzene rings is 1. The van der Waals surface area contributed by atoms with E-state index in [1.54, 1.807) is 0 Å². The van der Waals surface area contributed by atoms with Crippen LogP contribution in [0.1, 0.15) is 11.6 Å². The third-order valence-electron chi connectivity index (χ3n) is 4.43. The Bertz CT molecular complexity index is 458. The van der Waals surface area contributed by atoms with Crippen molar-refractivity contribution in [3.8, 4) is 0 Å². The molecule has 0 radical (unpaired) electrons. The standard InChI is InChI=1S/C16H24ClN3O.2ClH/c17-15-4-2-1-3-14(15)16-13-18-5-6-20(16)8-7-19-9-11-21-12-10-19;;/h1-4,16,18H,5-13H2;2*1H. The zero-order valence-corrected chi connectivity index (χ0v) is 15.6. The molecular formula is C16H26Cl3N3O. The Balaban J connectivity index is 0.00000132. The van der Waals surface area contributed by atoms with Crippen LogP contribution < -0.4 is 5.32 Å². The fraction of sp³-hybridized carbons (Fsp3) is 0.625. The summed E-state index contributed by atoms with van der Waals surface area (Å²) in [6.45, 7) is 9.19. The molecule has 2 fully saturated rings. The minimum atomic E-state index is 0. The van der Waals surface area contributed by atoms with Gasteiger partial charge in [0, 0.05) is 56.9 Å². The Morgan fingerprint density at radius 1 is 1.09 bits per heavy atom. The van der Waals surface area contributed by atoms with Crippen molar-refractivity contribution in [1.29, 1.82) is 0 Å². The normalized spacial score (nSPS) is 22.9. The Kier molecular flexibility index (Phi) is 9.78. The number of morpholine rings is 1. The first-order valence-electron chi connectivity index (χ1n) is 7.84. The molecule has 4 nitrogen and oxygen atoms in total. The van der Waals surface area contributed by atoms with Gasteiger partial charge in [-0.25, -0.2) is 0 Å². The fourth-order valence-corrected chi connectivity index (χ4v) is 3.42. The number of halogens is 3. The maximum Gasteiger partial charge on any atom is 0.0594 e. The molecule has 7 heteroatoms. The summed E-state index contributed by atoms with van der Waals surface area (Å²) in [6.07, 6.45) is 0. The van der Waals surface area contributed by atoms with Gasteiger partial charge >= 0.3 is 0 Å². The van der Waals surface area contributed by atoms with Crippen LogP contribution in [-0.2, 0) is 4.74 Å². The summed E-state index contributed by atoms with van der Waals surface area (Å²) in [6, 6.07) is 8.61. The molecule has 0 spiro atoms. The molecule has 0 bridgehead atoms. The van der Waals surface area contributed by atoms with Crippen LogP contribution in [0.2, 0.25) is 5.02 Å². The minimum absolute atomic E-state index is 0. The molecule has 0 saturated carbocycles. The molecule has 0 amide bonds. The first kappa shape index (κ1) is 21.0. The number of nitrogens with one attached hydrogen (secondary N) is 1. The van der Waals surface area contributed by atoms with Gasteiger partial charge in [0.2, 0.25) is 0 Å². The van der Waals surface area contributed by atoms with Gasteiger partial charge in [0.1, 0.15) is 0 Å². The second-order valence-corrected chi connectivity index (χ2v) is 6.14. The summed E-state index contributed by atoms with van der Waals surface area (Å²) < 4.78 is 5.41. The molecule has 2 aliphatic rings. The van der Waals surface area contributed by atoms with Gasteiger partial charge in [-0.05, 0) is 11.6 Å². The van der Waals surface area contributed by atoms with E-state index >= 15 is 0 Å². The number of ether oxygens (including phenoxy) is 1. The molecule has 0 aromatic heterocycles. The fourth-order valence-electron chi connectivity index (χ4n) is 3.16. The van der Waals surface area contributed by atoms with Gasteiger partial charge in [-0.1, -0.05) is 29.8 Å². The monoisotopic (exact) mass is 381 g/mol. The Hall–Kier alpha value is -0.0700. The van der Waals surface area contributed by atoms with Gasteiger partial charge in [-0.2, -0.15) is 0 Å². The van der Waals surface area contributed by atoms with Crippen LogP contribution in [0.3, 0.4) is 0 Å². The van der Waals surface area contributed by atoms with Crippen molar-refractivity contribution in [2.75, 3.05) is 59.0 Å². The van der Waals surface area contributed by atoms with Crippen LogP contribution in [0.25, 0.3) is 0 Å². The van der Waals surface area contributed by atoms with Crippen molar-refractivity contribution in [1.82, 2.24) is 15.1 Å². The van der Waals surface area contributed by atoms with Gasteiger partial charge in [0.15, 0.2) is 0 Å². The molecule has 2 saturated heterocycles. The highest BCUT2D eigenvalue weighted by atomic mass is 35.5. The van der Waals surface area contributed by atoms with Crippen LogP contribution in [0.15, 0.2) is 24.3 Å². The van der Waals surface area contributed by atoms with E-state index in [1.165, 1.54) is 5.56 Å². The largest absolute Gasteiger partial charge is 0.379 e. The predicted molar refractivity (Wildman–Crippen MR) is 100 cm³/mol. The number of piperazine rings is 1. The van der Waals surface area contributed by atoms with Crippen molar-refractivity contribution >= 4 is 36.4 Å². The summed E-state index contributed by atoms with van der Waals surface area (Å²) in [5.41, 5.74) is 1.24. The summed E-state index contributed by atoms with van der Waals surface area (Å²) in [7, 11) is 0. The van der Waals surface area contributed by atoms with Crippen LogP contribution in [0.4, 0.5) is 0 Å². The van der Waals surface area contributed by atoms with Crippen molar-refractivity contribution in [3.05, 3.63) is 34.9 Å². The van der Waals surface area contributed by atoms with E-state index in [0.717, 1.165) is 64.0 Å². The van der Waals surface area contributed by atoms with E-state index < -0.39 is 0 Å². The zero-order valence-electron chi connectivity index (χ0n) is 13.2. The molecule has 3 rings (SSSR count). The van der Waals surface area contributed by atoms with E-state index in [0.29, 0.717) is 6.04 Å². The van der Waals surface area contributed by atoms with Crippen molar-refractivity contribution in [2.45, 2.75) is 6.04 Å². The van der Waals surface area contributed by atoms with Crippen molar-refractivity contribution in [2.24, 2.45) is 0 Å². The lowest BCUT2D eigenvalue weighted by Gasteiger charge is -2.38.